The average Bonchev–Trinajstić information content (AvgIpc) is 2.54. The molecule has 0 aromatic carbocycles. The third kappa shape index (κ3) is 7.50. The molecule has 6 nitrogen and oxygen atoms in total. The van der Waals surface area contributed by atoms with Crippen molar-refractivity contribution < 1.29 is 0 Å². The van der Waals surface area contributed by atoms with E-state index in [1.807, 2.05) is 0 Å². The zero-order chi connectivity index (χ0) is 21.8. The highest BCUT2D eigenvalue weighted by Gasteiger charge is 2.41. The fourth-order valence-corrected chi connectivity index (χ4v) is 5.55. The van der Waals surface area contributed by atoms with E-state index in [1.54, 1.807) is 0 Å². The Labute approximate surface area is 186 Å². The molecule has 1 saturated heterocycles. The Bertz CT molecular complexity index is 626. The monoisotopic (exact) mass is 444 g/mol. The second-order valence-corrected chi connectivity index (χ2v) is 10.3. The van der Waals surface area contributed by atoms with Crippen LogP contribution >= 0.6 is 23.2 Å². The molecular weight excluding hydrogens is 407 g/mol. The zero-order valence-electron chi connectivity index (χ0n) is 19.0. The molecule has 166 valence electrons. The van der Waals surface area contributed by atoms with Gasteiger partial charge in [-0.1, -0.05) is 13.8 Å². The molecule has 1 fully saturated rings. The molecule has 0 spiro atoms. The van der Waals surface area contributed by atoms with Crippen LogP contribution in [0.1, 0.15) is 74.1 Å². The van der Waals surface area contributed by atoms with Gasteiger partial charge in [-0.2, -0.15) is 15.0 Å². The van der Waals surface area contributed by atoms with E-state index in [0.29, 0.717) is 17.9 Å². The third-order valence-corrected chi connectivity index (χ3v) is 6.24. The Balaban J connectivity index is 2.08. The SMILES string of the molecule is CCN(CC)C(CCC(C)Nc1nc(Cl)nc(Cl)n1)C1CC(C)(C)NC(C)(C)C1. The maximum atomic E-state index is 5.90. The quantitative estimate of drug-likeness (QED) is 0.556. The van der Waals surface area contributed by atoms with E-state index in [1.165, 1.54) is 12.8 Å². The molecule has 0 amide bonds. The molecule has 0 radical (unpaired) electrons. The zero-order valence-corrected chi connectivity index (χ0v) is 20.5. The molecule has 1 aromatic rings. The molecule has 2 N–H and O–H groups in total. The minimum atomic E-state index is 0.111. The number of hydrogen-bond acceptors (Lipinski definition) is 6. The summed E-state index contributed by atoms with van der Waals surface area (Å²) in [4.78, 5) is 14.7. The van der Waals surface area contributed by atoms with E-state index in [-0.39, 0.29) is 27.7 Å². The predicted molar refractivity (Wildman–Crippen MR) is 123 cm³/mol. The maximum absolute atomic E-state index is 5.90. The van der Waals surface area contributed by atoms with Crippen molar-refractivity contribution in [1.82, 2.24) is 25.2 Å². The van der Waals surface area contributed by atoms with Crippen LogP contribution in [-0.2, 0) is 0 Å². The van der Waals surface area contributed by atoms with Crippen molar-refractivity contribution in [1.29, 1.82) is 0 Å². The number of hydrogen-bond donors (Lipinski definition) is 2. The summed E-state index contributed by atoms with van der Waals surface area (Å²) in [5.41, 5.74) is 0.306. The number of nitrogens with one attached hydrogen (secondary N) is 2. The number of rotatable bonds is 9. The Kier molecular flexibility index (Phi) is 8.54. The van der Waals surface area contributed by atoms with E-state index in [0.717, 1.165) is 25.9 Å². The second kappa shape index (κ2) is 10.1. The molecule has 2 unspecified atom stereocenters. The highest BCUT2D eigenvalue weighted by Crippen LogP contribution is 2.37. The molecule has 1 aromatic heterocycles. The Morgan fingerprint density at radius 1 is 1.00 bits per heavy atom. The van der Waals surface area contributed by atoms with Gasteiger partial charge in [0.15, 0.2) is 0 Å². The van der Waals surface area contributed by atoms with Gasteiger partial charge in [0.2, 0.25) is 16.5 Å². The maximum Gasteiger partial charge on any atom is 0.228 e. The summed E-state index contributed by atoms with van der Waals surface area (Å²) in [6.45, 7) is 18.2. The molecule has 8 heteroatoms. The van der Waals surface area contributed by atoms with Crippen molar-refractivity contribution >= 4 is 29.2 Å². The lowest BCUT2D eigenvalue weighted by molar-refractivity contribution is 0.0505. The summed E-state index contributed by atoms with van der Waals surface area (Å²) in [5, 5.41) is 7.37. The van der Waals surface area contributed by atoms with Crippen LogP contribution in [-0.4, -0.2) is 56.1 Å². The van der Waals surface area contributed by atoms with Gasteiger partial charge in [-0.15, -0.1) is 0 Å². The summed E-state index contributed by atoms with van der Waals surface area (Å²) >= 11 is 11.8. The van der Waals surface area contributed by atoms with Crippen LogP contribution in [0, 0.1) is 5.92 Å². The number of anilines is 1. The first kappa shape index (κ1) is 24.6. The van der Waals surface area contributed by atoms with Crippen LogP contribution in [0.25, 0.3) is 0 Å². The summed E-state index contributed by atoms with van der Waals surface area (Å²) in [6.07, 6.45) is 4.53. The van der Waals surface area contributed by atoms with E-state index in [2.05, 4.69) is 79.0 Å². The molecule has 0 bridgehead atoms. The van der Waals surface area contributed by atoms with E-state index >= 15 is 0 Å². The Morgan fingerprint density at radius 2 is 1.52 bits per heavy atom. The number of halogens is 2. The van der Waals surface area contributed by atoms with Crippen LogP contribution in [0.3, 0.4) is 0 Å². The normalized spacial score (nSPS) is 21.2. The molecule has 2 rings (SSSR count). The molecule has 29 heavy (non-hydrogen) atoms. The Morgan fingerprint density at radius 3 is 2.00 bits per heavy atom. The van der Waals surface area contributed by atoms with Crippen molar-refractivity contribution in [3.63, 3.8) is 0 Å². The van der Waals surface area contributed by atoms with Gasteiger partial charge in [-0.3, -0.25) is 0 Å². The smallest absolute Gasteiger partial charge is 0.228 e. The van der Waals surface area contributed by atoms with Crippen molar-refractivity contribution in [2.24, 2.45) is 5.92 Å². The van der Waals surface area contributed by atoms with Gasteiger partial charge >= 0.3 is 0 Å². The van der Waals surface area contributed by atoms with Gasteiger partial charge in [-0.05, 0) is 103 Å². The highest BCUT2D eigenvalue weighted by atomic mass is 35.5. The first-order valence-electron chi connectivity index (χ1n) is 10.8. The van der Waals surface area contributed by atoms with Crippen LogP contribution in [0.2, 0.25) is 10.6 Å². The summed E-state index contributed by atoms with van der Waals surface area (Å²) in [7, 11) is 0. The van der Waals surface area contributed by atoms with E-state index < -0.39 is 0 Å². The van der Waals surface area contributed by atoms with Crippen LogP contribution in [0.4, 0.5) is 5.95 Å². The molecular formula is C21H38Cl2N6. The Hall–Kier alpha value is -0.690. The third-order valence-electron chi connectivity index (χ3n) is 5.90. The van der Waals surface area contributed by atoms with Gasteiger partial charge in [0.25, 0.3) is 0 Å². The fraction of sp³-hybridized carbons (Fsp3) is 0.857. The molecule has 1 aliphatic rings. The number of piperidine rings is 1. The summed E-state index contributed by atoms with van der Waals surface area (Å²) in [5.74, 6) is 1.10. The topological polar surface area (TPSA) is 66.0 Å². The first-order valence-corrected chi connectivity index (χ1v) is 11.6. The number of aromatic nitrogens is 3. The summed E-state index contributed by atoms with van der Waals surface area (Å²) < 4.78 is 0. The molecule has 2 atom stereocenters. The minimum Gasteiger partial charge on any atom is -0.352 e. The van der Waals surface area contributed by atoms with Crippen molar-refractivity contribution in [2.75, 3.05) is 18.4 Å². The molecule has 0 saturated carbocycles. The standard InChI is InChI=1S/C21H38Cl2N6/c1-8-29(9-2)16(15-12-20(4,5)28-21(6,7)13-15)11-10-14(3)24-19-26-17(22)25-18(23)27-19/h14-16,28H,8-13H2,1-7H3,(H,24,25,26,27). The van der Waals surface area contributed by atoms with Gasteiger partial charge in [0, 0.05) is 23.2 Å². The van der Waals surface area contributed by atoms with Gasteiger partial charge in [0.05, 0.1) is 0 Å². The lowest BCUT2D eigenvalue weighted by atomic mass is 9.71. The van der Waals surface area contributed by atoms with Gasteiger partial charge < -0.3 is 15.5 Å². The summed E-state index contributed by atoms with van der Waals surface area (Å²) in [6, 6.07) is 0.769. The van der Waals surface area contributed by atoms with Gasteiger partial charge in [-0.25, -0.2) is 0 Å². The lowest BCUT2D eigenvalue weighted by Gasteiger charge is -2.50. The highest BCUT2D eigenvalue weighted by molar-refractivity contribution is 6.31. The van der Waals surface area contributed by atoms with Crippen LogP contribution in [0.5, 0.6) is 0 Å². The van der Waals surface area contributed by atoms with Crippen molar-refractivity contribution in [2.45, 2.75) is 97.3 Å². The van der Waals surface area contributed by atoms with Crippen LogP contribution < -0.4 is 10.6 Å². The lowest BCUT2D eigenvalue weighted by Crippen LogP contribution is -2.60. The largest absolute Gasteiger partial charge is 0.352 e. The van der Waals surface area contributed by atoms with Crippen molar-refractivity contribution in [3.8, 4) is 0 Å². The fourth-order valence-electron chi connectivity index (χ4n) is 5.19. The molecule has 0 aliphatic carbocycles. The average molecular weight is 445 g/mol. The minimum absolute atomic E-state index is 0.111. The first-order chi connectivity index (χ1) is 13.4. The molecule has 2 heterocycles. The van der Waals surface area contributed by atoms with E-state index in [9.17, 15) is 0 Å². The van der Waals surface area contributed by atoms with Crippen LogP contribution in [0.15, 0.2) is 0 Å². The molecule has 1 aliphatic heterocycles. The predicted octanol–water partition coefficient (Wildman–Crippen LogP) is 5.03. The van der Waals surface area contributed by atoms with Crippen molar-refractivity contribution in [3.05, 3.63) is 10.6 Å². The van der Waals surface area contributed by atoms with E-state index in [4.69, 9.17) is 23.2 Å². The van der Waals surface area contributed by atoms with Gasteiger partial charge in [0.1, 0.15) is 0 Å². The number of nitrogens with zero attached hydrogens (tertiary/aromatic N) is 4. The second-order valence-electron chi connectivity index (χ2n) is 9.67.